The van der Waals surface area contributed by atoms with Gasteiger partial charge in [-0.3, -0.25) is 24.4 Å². The van der Waals surface area contributed by atoms with E-state index in [4.69, 9.17) is 0 Å². The van der Waals surface area contributed by atoms with Crippen LogP contribution < -0.4 is 10.2 Å². The number of aromatic nitrogens is 1. The minimum Gasteiger partial charge on any atom is -0.465 e. The van der Waals surface area contributed by atoms with Crippen molar-refractivity contribution in [2.24, 2.45) is 0 Å². The maximum atomic E-state index is 14.7. The summed E-state index contributed by atoms with van der Waals surface area (Å²) in [6.07, 6.45) is 7.34. The molecule has 0 saturated heterocycles. The molecule has 1 saturated carbocycles. The number of pyridine rings is 1. The van der Waals surface area contributed by atoms with E-state index in [1.807, 2.05) is 48.5 Å². The first-order valence-corrected chi connectivity index (χ1v) is 14.8. The molecule has 0 radical (unpaired) electrons. The first-order valence-electron chi connectivity index (χ1n) is 14.8. The Hall–Kier alpha value is -4.20. The number of carboxylic acid groups (broad SMARTS) is 1. The topological polar surface area (TPSA) is 103 Å². The van der Waals surface area contributed by atoms with Gasteiger partial charge in [0, 0.05) is 36.1 Å². The number of fused-ring (bicyclic) bond motifs is 1. The standard InChI is InChI=1S/C34H40N4O4/c1-34(2,3)26-15-17-28(18-16-26)38(32(40)29-20-23-10-7-8-11-25(23)22-37(29)33(41)42)30(24-12-9-19-35-21-24)31(39)36-27-13-5-4-6-14-27/h7-12,15-19,21,27,29-30H,4-6,13-14,20,22H2,1-3H3,(H,36,39)(H,41,42)/t29-,30?/m1/s1. The molecule has 1 aromatic heterocycles. The average molecular weight is 569 g/mol. The van der Waals surface area contributed by atoms with E-state index in [9.17, 15) is 19.5 Å². The fraction of sp³-hybridized carbons (Fsp3) is 0.412. The van der Waals surface area contributed by atoms with Crippen LogP contribution in [0.25, 0.3) is 0 Å². The van der Waals surface area contributed by atoms with Crippen molar-refractivity contribution < 1.29 is 19.5 Å². The number of hydrogen-bond acceptors (Lipinski definition) is 4. The van der Waals surface area contributed by atoms with Crippen LogP contribution >= 0.6 is 0 Å². The van der Waals surface area contributed by atoms with Gasteiger partial charge in [-0.05, 0) is 53.1 Å². The van der Waals surface area contributed by atoms with Crippen molar-refractivity contribution in [3.8, 4) is 0 Å². The van der Waals surface area contributed by atoms with Gasteiger partial charge in [-0.1, -0.05) is 82.5 Å². The van der Waals surface area contributed by atoms with Crippen molar-refractivity contribution in [3.05, 3.63) is 95.3 Å². The third-order valence-electron chi connectivity index (χ3n) is 8.49. The van der Waals surface area contributed by atoms with E-state index in [0.29, 0.717) is 11.3 Å². The van der Waals surface area contributed by atoms with Gasteiger partial charge in [0.15, 0.2) is 0 Å². The minimum absolute atomic E-state index is 0.0303. The predicted octanol–water partition coefficient (Wildman–Crippen LogP) is 6.01. The number of amides is 3. The molecule has 1 unspecified atom stereocenters. The second-order valence-electron chi connectivity index (χ2n) is 12.4. The number of carbonyl (C=O) groups is 3. The molecule has 5 rings (SSSR count). The van der Waals surface area contributed by atoms with Crippen LogP contribution in [0.15, 0.2) is 73.1 Å². The molecule has 2 aromatic carbocycles. The largest absolute Gasteiger partial charge is 0.465 e. The van der Waals surface area contributed by atoms with Crippen LogP contribution in [0.1, 0.15) is 81.2 Å². The number of nitrogens with one attached hydrogen (secondary N) is 1. The van der Waals surface area contributed by atoms with E-state index in [-0.39, 0.29) is 30.3 Å². The molecule has 3 amide bonds. The van der Waals surface area contributed by atoms with Crippen molar-refractivity contribution in [2.45, 2.75) is 89.4 Å². The number of rotatable bonds is 6. The molecule has 0 bridgehead atoms. The van der Waals surface area contributed by atoms with Gasteiger partial charge in [0.1, 0.15) is 12.1 Å². The van der Waals surface area contributed by atoms with E-state index >= 15 is 0 Å². The average Bonchev–Trinajstić information content (AvgIpc) is 2.99. The summed E-state index contributed by atoms with van der Waals surface area (Å²) in [4.78, 5) is 48.4. The Morgan fingerprint density at radius 3 is 2.26 bits per heavy atom. The smallest absolute Gasteiger partial charge is 0.408 e. The molecule has 2 N–H and O–H groups in total. The highest BCUT2D eigenvalue weighted by Gasteiger charge is 2.42. The predicted molar refractivity (Wildman–Crippen MR) is 162 cm³/mol. The molecule has 8 nitrogen and oxygen atoms in total. The Morgan fingerprint density at radius 1 is 0.952 bits per heavy atom. The summed E-state index contributed by atoms with van der Waals surface area (Å²) in [5.41, 5.74) is 3.88. The molecule has 8 heteroatoms. The number of anilines is 1. The van der Waals surface area contributed by atoms with Gasteiger partial charge in [-0.15, -0.1) is 0 Å². The Morgan fingerprint density at radius 2 is 1.64 bits per heavy atom. The third-order valence-corrected chi connectivity index (χ3v) is 8.49. The Balaban J connectivity index is 1.61. The highest BCUT2D eigenvalue weighted by Crippen LogP contribution is 2.34. The lowest BCUT2D eigenvalue weighted by Gasteiger charge is -2.40. The van der Waals surface area contributed by atoms with E-state index in [1.54, 1.807) is 24.5 Å². The zero-order chi connectivity index (χ0) is 29.9. The van der Waals surface area contributed by atoms with Gasteiger partial charge < -0.3 is 10.4 Å². The van der Waals surface area contributed by atoms with Gasteiger partial charge >= 0.3 is 6.09 Å². The summed E-state index contributed by atoms with van der Waals surface area (Å²) in [7, 11) is 0. The lowest BCUT2D eigenvalue weighted by molar-refractivity contribution is -0.129. The third kappa shape index (κ3) is 6.32. The van der Waals surface area contributed by atoms with E-state index in [0.717, 1.165) is 48.8 Å². The van der Waals surface area contributed by atoms with Crippen LogP contribution in [0.3, 0.4) is 0 Å². The van der Waals surface area contributed by atoms with Crippen molar-refractivity contribution in [1.29, 1.82) is 0 Å². The summed E-state index contributed by atoms with van der Waals surface area (Å²) >= 11 is 0. The molecule has 1 fully saturated rings. The van der Waals surface area contributed by atoms with Crippen molar-refractivity contribution in [3.63, 3.8) is 0 Å². The molecule has 3 aromatic rings. The quantitative estimate of drug-likeness (QED) is 0.379. The van der Waals surface area contributed by atoms with Gasteiger partial charge in [0.2, 0.25) is 5.91 Å². The maximum absolute atomic E-state index is 14.7. The molecule has 2 heterocycles. The number of hydrogen-bond donors (Lipinski definition) is 2. The van der Waals surface area contributed by atoms with Crippen molar-refractivity contribution >= 4 is 23.6 Å². The number of nitrogens with zero attached hydrogens (tertiary/aromatic N) is 3. The molecule has 2 atom stereocenters. The van der Waals surface area contributed by atoms with Crippen molar-refractivity contribution in [1.82, 2.24) is 15.2 Å². The first kappa shape index (κ1) is 29.3. The van der Waals surface area contributed by atoms with E-state index in [2.05, 4.69) is 31.1 Å². The normalized spacial score (nSPS) is 18.1. The second-order valence-corrected chi connectivity index (χ2v) is 12.4. The monoisotopic (exact) mass is 568 g/mol. The Kier molecular flexibility index (Phi) is 8.61. The highest BCUT2D eigenvalue weighted by molar-refractivity contribution is 6.04. The van der Waals surface area contributed by atoms with Crippen molar-refractivity contribution in [2.75, 3.05) is 4.90 Å². The Labute approximate surface area is 247 Å². The Bertz CT molecular complexity index is 1410. The fourth-order valence-corrected chi connectivity index (χ4v) is 6.11. The van der Waals surface area contributed by atoms with Gasteiger partial charge in [-0.25, -0.2) is 4.79 Å². The SMILES string of the molecule is CC(C)(C)c1ccc(N(C(=O)[C@H]2Cc3ccccc3CN2C(=O)O)C(C(=O)NC2CCCCC2)c2cccnc2)cc1. The summed E-state index contributed by atoms with van der Waals surface area (Å²) < 4.78 is 0. The fourth-order valence-electron chi connectivity index (χ4n) is 6.11. The van der Waals surface area contributed by atoms with Crippen LogP contribution in [-0.2, 0) is 28.0 Å². The van der Waals surface area contributed by atoms with Crippen LogP contribution in [0.5, 0.6) is 0 Å². The summed E-state index contributed by atoms with van der Waals surface area (Å²) in [5, 5.41) is 13.4. The van der Waals surface area contributed by atoms with Crippen LogP contribution in [0.4, 0.5) is 10.5 Å². The molecule has 1 aliphatic carbocycles. The van der Waals surface area contributed by atoms with Crippen LogP contribution in [-0.4, -0.2) is 45.0 Å². The lowest BCUT2D eigenvalue weighted by atomic mass is 9.87. The van der Waals surface area contributed by atoms with Gasteiger partial charge in [-0.2, -0.15) is 0 Å². The molecule has 42 heavy (non-hydrogen) atoms. The van der Waals surface area contributed by atoms with E-state index < -0.39 is 24.1 Å². The number of benzene rings is 2. The molecule has 0 spiro atoms. The zero-order valence-electron chi connectivity index (χ0n) is 24.6. The molecule has 2 aliphatic rings. The second kappa shape index (κ2) is 12.3. The van der Waals surface area contributed by atoms with Gasteiger partial charge in [0.25, 0.3) is 5.91 Å². The van der Waals surface area contributed by atoms with E-state index in [1.165, 1.54) is 9.80 Å². The van der Waals surface area contributed by atoms with Crippen LogP contribution in [0.2, 0.25) is 0 Å². The molecule has 1 aliphatic heterocycles. The zero-order valence-corrected chi connectivity index (χ0v) is 24.6. The first-order chi connectivity index (χ1) is 20.1. The maximum Gasteiger partial charge on any atom is 0.408 e. The highest BCUT2D eigenvalue weighted by atomic mass is 16.4. The van der Waals surface area contributed by atoms with Crippen LogP contribution in [0, 0.1) is 0 Å². The minimum atomic E-state index is -1.17. The summed E-state index contributed by atoms with van der Waals surface area (Å²) in [5.74, 6) is -0.732. The number of carbonyl (C=O) groups excluding carboxylic acids is 2. The van der Waals surface area contributed by atoms with Gasteiger partial charge in [0.05, 0.1) is 6.54 Å². The molecule has 220 valence electrons. The summed E-state index contributed by atoms with van der Waals surface area (Å²) in [6, 6.07) is 16.8. The molecular formula is C34H40N4O4. The molecular weight excluding hydrogens is 528 g/mol. The lowest BCUT2D eigenvalue weighted by Crippen LogP contribution is -2.56. The summed E-state index contributed by atoms with van der Waals surface area (Å²) in [6.45, 7) is 6.45.